The van der Waals surface area contributed by atoms with E-state index in [1.54, 1.807) is 41.5 Å². The molecule has 1 aromatic carbocycles. The van der Waals surface area contributed by atoms with Crippen molar-refractivity contribution in [1.29, 1.82) is 0 Å². The first-order valence-electron chi connectivity index (χ1n) is 7.66. The van der Waals surface area contributed by atoms with E-state index in [9.17, 15) is 9.59 Å². The first-order chi connectivity index (χ1) is 10.4. The molecule has 1 rings (SSSR count). The van der Waals surface area contributed by atoms with Crippen LogP contribution in [0.15, 0.2) is 24.3 Å². The van der Waals surface area contributed by atoms with E-state index in [4.69, 9.17) is 9.47 Å². The number of benzene rings is 1. The van der Waals surface area contributed by atoms with Crippen molar-refractivity contribution < 1.29 is 19.1 Å². The number of amides is 2. The molecule has 0 atom stereocenters. The topological polar surface area (TPSA) is 55.8 Å². The fraction of sp³-hybridized carbons (Fsp3) is 0.556. The van der Waals surface area contributed by atoms with E-state index < -0.39 is 23.4 Å². The van der Waals surface area contributed by atoms with Gasteiger partial charge in [-0.05, 0) is 54.0 Å². The Bertz CT molecular complexity index is 522. The molecule has 5 nitrogen and oxygen atoms in total. The molecule has 0 saturated heterocycles. The minimum absolute atomic E-state index is 0.101. The molecule has 0 aliphatic heterocycles. The molecule has 0 N–H and O–H groups in total. The Morgan fingerprint density at radius 3 is 1.61 bits per heavy atom. The SMILES string of the molecule is Cc1ccc(CN(C(=O)OC(C)(C)C)C(=O)OC(C)(C)C)cc1. The van der Waals surface area contributed by atoms with E-state index in [1.807, 2.05) is 31.2 Å². The fourth-order valence-electron chi connectivity index (χ4n) is 1.71. The molecule has 128 valence electrons. The van der Waals surface area contributed by atoms with Gasteiger partial charge in [0.2, 0.25) is 0 Å². The Kier molecular flexibility index (Phi) is 5.81. The Balaban J connectivity index is 2.98. The van der Waals surface area contributed by atoms with Crippen molar-refractivity contribution in [3.63, 3.8) is 0 Å². The van der Waals surface area contributed by atoms with E-state index >= 15 is 0 Å². The van der Waals surface area contributed by atoms with Crippen LogP contribution in [0.3, 0.4) is 0 Å². The molecule has 0 radical (unpaired) electrons. The minimum atomic E-state index is -0.715. The first-order valence-corrected chi connectivity index (χ1v) is 7.66. The summed E-state index contributed by atoms with van der Waals surface area (Å²) in [6.45, 7) is 12.6. The first kappa shape index (κ1) is 19.0. The highest BCUT2D eigenvalue weighted by Crippen LogP contribution is 2.17. The maximum atomic E-state index is 12.4. The van der Waals surface area contributed by atoms with E-state index in [2.05, 4.69) is 0 Å². The minimum Gasteiger partial charge on any atom is -0.443 e. The van der Waals surface area contributed by atoms with Crippen LogP contribution in [0.2, 0.25) is 0 Å². The number of rotatable bonds is 2. The van der Waals surface area contributed by atoms with Crippen molar-refractivity contribution in [3.05, 3.63) is 35.4 Å². The molecule has 23 heavy (non-hydrogen) atoms. The largest absolute Gasteiger partial charge is 0.443 e. The Hall–Kier alpha value is -2.04. The van der Waals surface area contributed by atoms with Crippen LogP contribution in [0.5, 0.6) is 0 Å². The molecule has 0 heterocycles. The third-order valence-corrected chi connectivity index (χ3v) is 2.69. The van der Waals surface area contributed by atoms with Crippen LogP contribution >= 0.6 is 0 Å². The zero-order valence-corrected chi connectivity index (χ0v) is 15.1. The predicted octanol–water partition coefficient (Wildman–Crippen LogP) is 4.67. The number of hydrogen-bond donors (Lipinski definition) is 0. The third-order valence-electron chi connectivity index (χ3n) is 2.69. The van der Waals surface area contributed by atoms with Gasteiger partial charge >= 0.3 is 12.2 Å². The number of carbonyl (C=O) groups excluding carboxylic acids is 2. The van der Waals surface area contributed by atoms with Gasteiger partial charge in [-0.2, -0.15) is 0 Å². The van der Waals surface area contributed by atoms with Crippen LogP contribution in [-0.2, 0) is 16.0 Å². The molecule has 0 aliphatic rings. The summed E-state index contributed by atoms with van der Waals surface area (Å²) in [6.07, 6.45) is -1.43. The number of carbonyl (C=O) groups is 2. The second-order valence-corrected chi connectivity index (χ2v) is 7.53. The molecule has 0 fully saturated rings. The maximum absolute atomic E-state index is 12.4. The van der Waals surface area contributed by atoms with Gasteiger partial charge in [0, 0.05) is 0 Å². The molecule has 5 heteroatoms. The Labute approximate surface area is 138 Å². The van der Waals surface area contributed by atoms with Crippen molar-refractivity contribution in [1.82, 2.24) is 4.90 Å². The zero-order valence-electron chi connectivity index (χ0n) is 15.1. The van der Waals surface area contributed by atoms with Gasteiger partial charge in [-0.1, -0.05) is 29.8 Å². The fourth-order valence-corrected chi connectivity index (χ4v) is 1.71. The molecule has 0 spiro atoms. The zero-order chi connectivity index (χ0) is 17.8. The highest BCUT2D eigenvalue weighted by atomic mass is 16.6. The van der Waals surface area contributed by atoms with Crippen molar-refractivity contribution >= 4 is 12.2 Å². The molecule has 0 aromatic heterocycles. The van der Waals surface area contributed by atoms with Gasteiger partial charge in [0.25, 0.3) is 0 Å². The lowest BCUT2D eigenvalue weighted by atomic mass is 10.1. The summed E-state index contributed by atoms with van der Waals surface area (Å²) in [5.41, 5.74) is 0.553. The highest BCUT2D eigenvalue weighted by molar-refractivity contribution is 5.88. The number of nitrogens with zero attached hydrogens (tertiary/aromatic N) is 1. The standard InChI is InChI=1S/C18H27NO4/c1-13-8-10-14(11-9-13)12-19(15(20)22-17(2,3)4)16(21)23-18(5,6)7/h8-11H,12H2,1-7H3. The van der Waals surface area contributed by atoms with Crippen LogP contribution in [0, 0.1) is 6.92 Å². The molecule has 1 aromatic rings. The van der Waals surface area contributed by atoms with Crippen molar-refractivity contribution in [2.24, 2.45) is 0 Å². The predicted molar refractivity (Wildman–Crippen MR) is 89.2 cm³/mol. The molecule has 0 bridgehead atoms. The third kappa shape index (κ3) is 7.17. The lowest BCUT2D eigenvalue weighted by molar-refractivity contribution is -0.000242. The smallest absolute Gasteiger partial charge is 0.420 e. The molecule has 0 saturated carbocycles. The van der Waals surface area contributed by atoms with Crippen molar-refractivity contribution in [2.45, 2.75) is 66.2 Å². The van der Waals surface area contributed by atoms with Crippen molar-refractivity contribution in [2.75, 3.05) is 0 Å². The number of hydrogen-bond acceptors (Lipinski definition) is 4. The Morgan fingerprint density at radius 1 is 0.870 bits per heavy atom. The summed E-state index contributed by atoms with van der Waals surface area (Å²) in [5, 5.41) is 0. The van der Waals surface area contributed by atoms with Crippen LogP contribution in [0.25, 0.3) is 0 Å². The second-order valence-electron chi connectivity index (χ2n) is 7.53. The molecular formula is C18H27NO4. The summed E-state index contributed by atoms with van der Waals surface area (Å²) in [5.74, 6) is 0. The van der Waals surface area contributed by atoms with Gasteiger partial charge in [0.1, 0.15) is 11.2 Å². The van der Waals surface area contributed by atoms with Gasteiger partial charge in [-0.3, -0.25) is 0 Å². The monoisotopic (exact) mass is 321 g/mol. The number of ether oxygens (including phenoxy) is 2. The van der Waals surface area contributed by atoms with E-state index in [-0.39, 0.29) is 6.54 Å². The van der Waals surface area contributed by atoms with Gasteiger partial charge in [0.15, 0.2) is 0 Å². The number of aryl methyl sites for hydroxylation is 1. The molecule has 2 amide bonds. The lowest BCUT2D eigenvalue weighted by Gasteiger charge is -2.28. The average molecular weight is 321 g/mol. The van der Waals surface area contributed by atoms with Gasteiger partial charge < -0.3 is 9.47 Å². The summed E-state index contributed by atoms with van der Waals surface area (Å²) >= 11 is 0. The van der Waals surface area contributed by atoms with Crippen LogP contribution in [0.4, 0.5) is 9.59 Å². The van der Waals surface area contributed by atoms with Gasteiger partial charge in [0.05, 0.1) is 6.54 Å². The van der Waals surface area contributed by atoms with E-state index in [0.29, 0.717) is 0 Å². The molecule has 0 unspecified atom stereocenters. The highest BCUT2D eigenvalue weighted by Gasteiger charge is 2.31. The van der Waals surface area contributed by atoms with Crippen LogP contribution in [-0.4, -0.2) is 28.3 Å². The van der Waals surface area contributed by atoms with E-state index in [1.165, 1.54) is 0 Å². The normalized spacial score (nSPS) is 11.8. The lowest BCUT2D eigenvalue weighted by Crippen LogP contribution is -2.43. The van der Waals surface area contributed by atoms with Gasteiger partial charge in [-0.15, -0.1) is 0 Å². The van der Waals surface area contributed by atoms with Crippen molar-refractivity contribution in [3.8, 4) is 0 Å². The summed E-state index contributed by atoms with van der Waals surface area (Å²) in [4.78, 5) is 25.7. The molecule has 0 aliphatic carbocycles. The maximum Gasteiger partial charge on any atom is 0.420 e. The summed E-state index contributed by atoms with van der Waals surface area (Å²) in [6, 6.07) is 7.60. The second kappa shape index (κ2) is 7.02. The summed E-state index contributed by atoms with van der Waals surface area (Å²) in [7, 11) is 0. The number of imide groups is 1. The quantitative estimate of drug-likeness (QED) is 0.794. The Morgan fingerprint density at radius 2 is 1.26 bits per heavy atom. The molecular weight excluding hydrogens is 294 g/mol. The summed E-state index contributed by atoms with van der Waals surface area (Å²) < 4.78 is 10.6. The average Bonchev–Trinajstić information content (AvgIpc) is 2.33. The van der Waals surface area contributed by atoms with Crippen LogP contribution in [0.1, 0.15) is 52.7 Å². The van der Waals surface area contributed by atoms with E-state index in [0.717, 1.165) is 16.0 Å². The van der Waals surface area contributed by atoms with Gasteiger partial charge in [-0.25, -0.2) is 14.5 Å². The van der Waals surface area contributed by atoms with Crippen LogP contribution < -0.4 is 0 Å².